The van der Waals surface area contributed by atoms with Crippen LogP contribution in [0, 0.1) is 0 Å². The number of para-hydroxylation sites is 1. The molecule has 0 spiro atoms. The van der Waals surface area contributed by atoms with E-state index in [0.717, 1.165) is 70.5 Å². The normalized spacial score (nSPS) is 11.5. The SMILES string of the molecule is c1ccc(-c2ccc3c(c2)c2ccccc2n3-c2ccc(-c3nc(-c4ccccc4)nc(-c4ccccc4)n3)cc2-c2nc(-c3ccccc3)nc3c2sc2ccccc23)cc1. The van der Waals surface area contributed by atoms with Crippen LogP contribution in [0.15, 0.2) is 206 Å². The maximum Gasteiger partial charge on any atom is 0.164 e. The van der Waals surface area contributed by atoms with Crippen molar-refractivity contribution in [2.45, 2.75) is 0 Å². The molecular formula is C55H34N6S. The number of thiophene rings is 1. The van der Waals surface area contributed by atoms with Gasteiger partial charge in [0.2, 0.25) is 0 Å². The second-order valence-corrected chi connectivity index (χ2v) is 16.3. The van der Waals surface area contributed by atoms with Crippen LogP contribution in [0.2, 0.25) is 0 Å². The van der Waals surface area contributed by atoms with Crippen LogP contribution in [0.5, 0.6) is 0 Å². The van der Waals surface area contributed by atoms with Crippen molar-refractivity contribution in [3.05, 3.63) is 206 Å². The first-order chi connectivity index (χ1) is 30.7. The number of aromatic nitrogens is 6. The maximum absolute atomic E-state index is 5.52. The summed E-state index contributed by atoms with van der Waals surface area (Å²) in [5.74, 6) is 2.46. The zero-order chi connectivity index (χ0) is 41.0. The molecule has 4 aromatic heterocycles. The number of benzene rings is 8. The van der Waals surface area contributed by atoms with Gasteiger partial charge in [-0.05, 0) is 53.6 Å². The second-order valence-electron chi connectivity index (χ2n) is 15.3. The number of fused-ring (bicyclic) bond motifs is 6. The van der Waals surface area contributed by atoms with E-state index in [-0.39, 0.29) is 0 Å². The lowest BCUT2D eigenvalue weighted by Crippen LogP contribution is -2.03. The smallest absolute Gasteiger partial charge is 0.164 e. The molecule has 0 amide bonds. The fourth-order valence-electron chi connectivity index (χ4n) is 8.53. The average Bonchev–Trinajstić information content (AvgIpc) is 3.90. The summed E-state index contributed by atoms with van der Waals surface area (Å²) in [5, 5.41) is 3.45. The first-order valence-corrected chi connectivity index (χ1v) is 21.4. The molecule has 290 valence electrons. The summed E-state index contributed by atoms with van der Waals surface area (Å²) in [7, 11) is 0. The highest BCUT2D eigenvalue weighted by atomic mass is 32.1. The fourth-order valence-corrected chi connectivity index (χ4v) is 9.68. The summed E-state index contributed by atoms with van der Waals surface area (Å²) in [5.41, 5.74) is 11.9. The van der Waals surface area contributed by atoms with E-state index in [1.807, 2.05) is 78.9 Å². The first kappa shape index (κ1) is 35.8. The van der Waals surface area contributed by atoms with E-state index in [1.54, 1.807) is 11.3 Å². The molecule has 12 aromatic rings. The van der Waals surface area contributed by atoms with Gasteiger partial charge >= 0.3 is 0 Å². The molecule has 4 heterocycles. The molecule has 7 heteroatoms. The van der Waals surface area contributed by atoms with Crippen LogP contribution in [0.1, 0.15) is 0 Å². The molecule has 62 heavy (non-hydrogen) atoms. The van der Waals surface area contributed by atoms with Crippen molar-refractivity contribution in [1.29, 1.82) is 0 Å². The molecule has 0 bridgehead atoms. The summed E-state index contributed by atoms with van der Waals surface area (Å²) in [6.07, 6.45) is 0. The number of hydrogen-bond donors (Lipinski definition) is 0. The Bertz CT molecular complexity index is 3560. The molecule has 0 saturated heterocycles. The van der Waals surface area contributed by atoms with Crippen LogP contribution in [-0.2, 0) is 0 Å². The van der Waals surface area contributed by atoms with Gasteiger partial charge in [0, 0.05) is 48.7 Å². The van der Waals surface area contributed by atoms with Gasteiger partial charge in [0.05, 0.1) is 32.6 Å². The summed E-state index contributed by atoms with van der Waals surface area (Å²) >= 11 is 1.73. The molecule has 12 rings (SSSR count). The van der Waals surface area contributed by atoms with Crippen molar-refractivity contribution >= 4 is 53.4 Å². The molecule has 0 radical (unpaired) electrons. The van der Waals surface area contributed by atoms with Gasteiger partial charge in [0.15, 0.2) is 23.3 Å². The number of hydrogen-bond acceptors (Lipinski definition) is 6. The lowest BCUT2D eigenvalue weighted by atomic mass is 10.0. The molecule has 0 aliphatic rings. The molecule has 8 aromatic carbocycles. The molecular weight excluding hydrogens is 777 g/mol. The summed E-state index contributed by atoms with van der Waals surface area (Å²) in [6, 6.07) is 71.6. The van der Waals surface area contributed by atoms with E-state index < -0.39 is 0 Å². The van der Waals surface area contributed by atoms with Crippen LogP contribution < -0.4 is 0 Å². The molecule has 6 nitrogen and oxygen atoms in total. The Morgan fingerprint density at radius 2 is 0.839 bits per heavy atom. The largest absolute Gasteiger partial charge is 0.309 e. The lowest BCUT2D eigenvalue weighted by molar-refractivity contribution is 1.07. The van der Waals surface area contributed by atoms with E-state index in [2.05, 4.69) is 132 Å². The third kappa shape index (κ3) is 6.14. The summed E-state index contributed by atoms with van der Waals surface area (Å²) < 4.78 is 4.56. The van der Waals surface area contributed by atoms with Crippen molar-refractivity contribution in [2.75, 3.05) is 0 Å². The van der Waals surface area contributed by atoms with Crippen molar-refractivity contribution in [3.8, 4) is 73.6 Å². The van der Waals surface area contributed by atoms with Crippen molar-refractivity contribution in [2.24, 2.45) is 0 Å². The fraction of sp³-hybridized carbons (Fsp3) is 0. The van der Waals surface area contributed by atoms with Gasteiger partial charge in [0.25, 0.3) is 0 Å². The third-order valence-corrected chi connectivity index (χ3v) is 12.6. The average molecular weight is 811 g/mol. The molecule has 0 atom stereocenters. The first-order valence-electron chi connectivity index (χ1n) is 20.6. The summed E-state index contributed by atoms with van der Waals surface area (Å²) in [6.45, 7) is 0. The summed E-state index contributed by atoms with van der Waals surface area (Å²) in [4.78, 5) is 26.1. The highest BCUT2D eigenvalue weighted by Crippen LogP contribution is 2.44. The van der Waals surface area contributed by atoms with Crippen LogP contribution in [0.4, 0.5) is 0 Å². The van der Waals surface area contributed by atoms with Crippen LogP contribution in [-0.4, -0.2) is 29.5 Å². The van der Waals surface area contributed by atoms with Crippen LogP contribution in [0.25, 0.3) is 116 Å². The Balaban J connectivity index is 1.17. The van der Waals surface area contributed by atoms with Gasteiger partial charge < -0.3 is 4.57 Å². The van der Waals surface area contributed by atoms with E-state index in [4.69, 9.17) is 24.9 Å². The van der Waals surface area contributed by atoms with Gasteiger partial charge in [0.1, 0.15) is 0 Å². The highest BCUT2D eigenvalue weighted by molar-refractivity contribution is 7.26. The Labute approximate surface area is 361 Å². The zero-order valence-electron chi connectivity index (χ0n) is 33.2. The zero-order valence-corrected chi connectivity index (χ0v) is 34.0. The quantitative estimate of drug-likeness (QED) is 0.160. The van der Waals surface area contributed by atoms with Gasteiger partial charge in [-0.15, -0.1) is 11.3 Å². The Morgan fingerprint density at radius 1 is 0.339 bits per heavy atom. The van der Waals surface area contributed by atoms with Crippen LogP contribution in [0.3, 0.4) is 0 Å². The highest BCUT2D eigenvalue weighted by Gasteiger charge is 2.23. The Hall–Kier alpha value is -8.13. The third-order valence-electron chi connectivity index (χ3n) is 11.5. The minimum absolute atomic E-state index is 0.574. The Morgan fingerprint density at radius 3 is 1.48 bits per heavy atom. The van der Waals surface area contributed by atoms with Crippen LogP contribution >= 0.6 is 11.3 Å². The Kier molecular flexibility index (Phi) is 8.57. The lowest BCUT2D eigenvalue weighted by Gasteiger charge is -2.17. The predicted molar refractivity (Wildman–Crippen MR) is 255 cm³/mol. The monoisotopic (exact) mass is 810 g/mol. The van der Waals surface area contributed by atoms with Crippen molar-refractivity contribution in [3.63, 3.8) is 0 Å². The standard InChI is InChI=1S/C55H34N6S/c1-5-17-35(18-6-1)39-29-31-46-43(33-39)41-25-13-15-27-45(41)61(46)47-32-30-40(55-59-53(37-21-9-3-10-22-37)58-54(60-55)38-23-11-4-12-24-38)34-44(47)50-51-49(42-26-14-16-28-48(42)62-51)56-52(57-50)36-19-7-2-8-20-36/h1-34H. The molecule has 0 N–H and O–H groups in total. The van der Waals surface area contributed by atoms with E-state index in [1.165, 1.54) is 21.9 Å². The van der Waals surface area contributed by atoms with Gasteiger partial charge in [-0.1, -0.05) is 164 Å². The van der Waals surface area contributed by atoms with E-state index in [0.29, 0.717) is 23.3 Å². The van der Waals surface area contributed by atoms with Gasteiger partial charge in [-0.2, -0.15) is 0 Å². The van der Waals surface area contributed by atoms with E-state index >= 15 is 0 Å². The molecule has 0 saturated carbocycles. The number of nitrogens with zero attached hydrogens (tertiary/aromatic N) is 6. The minimum Gasteiger partial charge on any atom is -0.309 e. The maximum atomic E-state index is 5.52. The molecule has 0 aliphatic carbocycles. The predicted octanol–water partition coefficient (Wildman–Crippen LogP) is 14.1. The van der Waals surface area contributed by atoms with E-state index in [9.17, 15) is 0 Å². The molecule has 0 aliphatic heterocycles. The van der Waals surface area contributed by atoms with Gasteiger partial charge in [-0.25, -0.2) is 24.9 Å². The molecule has 0 unspecified atom stereocenters. The minimum atomic E-state index is 0.574. The van der Waals surface area contributed by atoms with Crippen molar-refractivity contribution < 1.29 is 0 Å². The van der Waals surface area contributed by atoms with Gasteiger partial charge in [-0.3, -0.25) is 0 Å². The van der Waals surface area contributed by atoms with Crippen molar-refractivity contribution in [1.82, 2.24) is 29.5 Å². The number of rotatable bonds is 7. The second kappa shape index (κ2) is 14.9. The topological polar surface area (TPSA) is 69.4 Å². The molecule has 0 fully saturated rings.